The number of carbonyl (C=O) groups excluding carboxylic acids is 1. The summed E-state index contributed by atoms with van der Waals surface area (Å²) < 4.78 is 28.5. The van der Waals surface area contributed by atoms with Gasteiger partial charge in [-0.3, -0.25) is 14.9 Å². The van der Waals surface area contributed by atoms with Gasteiger partial charge in [0.15, 0.2) is 0 Å². The number of allylic oxidation sites excluding steroid dienone is 2. The Morgan fingerprint density at radius 1 is 0.930 bits per heavy atom. The van der Waals surface area contributed by atoms with E-state index in [0.717, 1.165) is 41.7 Å². The van der Waals surface area contributed by atoms with Crippen LogP contribution in [0, 0.1) is 45.1 Å². The summed E-state index contributed by atoms with van der Waals surface area (Å²) in [6.45, 7) is 0.661. The zero-order valence-electron chi connectivity index (χ0n) is 24.6. The summed E-state index contributed by atoms with van der Waals surface area (Å²) in [6.07, 6.45) is 17.1. The molecule has 8 rings (SSSR count). The van der Waals surface area contributed by atoms with Crippen molar-refractivity contribution in [2.75, 3.05) is 11.9 Å². The molecule has 0 heterocycles. The lowest BCUT2D eigenvalue weighted by Gasteiger charge is -2.57. The number of nitro benzene ring substituents is 1. The predicted octanol–water partition coefficient (Wildman–Crippen LogP) is 7.33. The van der Waals surface area contributed by atoms with E-state index in [9.17, 15) is 23.3 Å². The van der Waals surface area contributed by atoms with Crippen molar-refractivity contribution in [1.82, 2.24) is 4.72 Å². The molecule has 5 fully saturated rings. The molecule has 5 saturated carbocycles. The van der Waals surface area contributed by atoms with Crippen LogP contribution in [0.15, 0.2) is 53.4 Å². The van der Waals surface area contributed by atoms with E-state index < -0.39 is 20.9 Å². The Labute approximate surface area is 253 Å². The number of sulfonamides is 1. The van der Waals surface area contributed by atoms with Crippen LogP contribution in [0.2, 0.25) is 0 Å². The molecule has 0 radical (unpaired) electrons. The van der Waals surface area contributed by atoms with Crippen LogP contribution in [0.1, 0.15) is 93.0 Å². The second-order valence-corrected chi connectivity index (χ2v) is 15.8. The summed E-state index contributed by atoms with van der Waals surface area (Å²) >= 11 is 0. The van der Waals surface area contributed by atoms with Crippen LogP contribution in [0.25, 0.3) is 5.57 Å². The molecule has 9 heteroatoms. The summed E-state index contributed by atoms with van der Waals surface area (Å²) in [5.74, 6) is 2.83. The molecule has 6 aliphatic carbocycles. The average molecular weight is 604 g/mol. The molecule has 0 saturated heterocycles. The van der Waals surface area contributed by atoms with Crippen LogP contribution in [0.3, 0.4) is 0 Å². The zero-order valence-corrected chi connectivity index (χ0v) is 25.4. The number of rotatable bonds is 8. The minimum absolute atomic E-state index is 0.169. The van der Waals surface area contributed by atoms with Gasteiger partial charge in [0.05, 0.1) is 9.82 Å². The van der Waals surface area contributed by atoms with Crippen molar-refractivity contribution in [3.8, 4) is 0 Å². The Hall–Kier alpha value is -3.20. The van der Waals surface area contributed by atoms with Crippen molar-refractivity contribution in [3.63, 3.8) is 0 Å². The fraction of sp³-hybridized carbons (Fsp3) is 0.559. The smallest absolute Gasteiger partial charge is 0.293 e. The molecule has 1 amide bonds. The fourth-order valence-electron chi connectivity index (χ4n) is 9.72. The second kappa shape index (κ2) is 11.1. The summed E-state index contributed by atoms with van der Waals surface area (Å²) in [5.41, 5.74) is 2.85. The van der Waals surface area contributed by atoms with E-state index in [2.05, 4.69) is 16.1 Å². The van der Waals surface area contributed by atoms with E-state index >= 15 is 0 Å². The van der Waals surface area contributed by atoms with Crippen LogP contribution in [0.5, 0.6) is 0 Å². The Bertz CT molecular complexity index is 1530. The number of nitrogens with zero attached hydrogens (tertiary/aromatic N) is 1. The van der Waals surface area contributed by atoms with Gasteiger partial charge in [-0.05, 0) is 135 Å². The molecule has 0 spiro atoms. The third kappa shape index (κ3) is 5.61. The number of nitro groups is 1. The molecule has 6 aliphatic rings. The van der Waals surface area contributed by atoms with E-state index in [1.165, 1.54) is 88.3 Å². The molecular formula is C34H41N3O5S. The molecule has 0 aliphatic heterocycles. The maximum Gasteiger partial charge on any atom is 0.293 e. The molecule has 4 bridgehead atoms. The van der Waals surface area contributed by atoms with E-state index in [1.807, 2.05) is 12.1 Å². The van der Waals surface area contributed by atoms with E-state index in [0.29, 0.717) is 18.2 Å². The highest BCUT2D eigenvalue weighted by Crippen LogP contribution is 2.60. The van der Waals surface area contributed by atoms with Gasteiger partial charge in [-0.2, -0.15) is 0 Å². The van der Waals surface area contributed by atoms with Gasteiger partial charge in [0.25, 0.3) is 21.6 Å². The summed E-state index contributed by atoms with van der Waals surface area (Å²) in [7, 11) is -4.32. The molecule has 2 unspecified atom stereocenters. The number of amides is 1. The third-order valence-corrected chi connectivity index (χ3v) is 12.5. The van der Waals surface area contributed by atoms with Crippen molar-refractivity contribution in [2.24, 2.45) is 35.0 Å². The number of anilines is 1. The zero-order chi connectivity index (χ0) is 29.8. The van der Waals surface area contributed by atoms with Crippen molar-refractivity contribution in [3.05, 3.63) is 69.8 Å². The highest BCUT2D eigenvalue weighted by Gasteiger charge is 2.50. The van der Waals surface area contributed by atoms with Gasteiger partial charge < -0.3 is 5.32 Å². The lowest BCUT2D eigenvalue weighted by Crippen LogP contribution is -2.49. The highest BCUT2D eigenvalue weighted by atomic mass is 32.2. The standard InChI is InChI=1S/C34H41N3O5S/c38-33(27-10-8-26(9-11-27)30-7-3-5-25-4-1-2-6-29(25)30)36-43(41,42)28-12-13-31(32(17-28)37(39)40)35-21-34-18-22-14-23(19-34)16-24(15-22)20-34/h7-13,17,22-25,29,35H,1-6,14-16,18-21H2,(H,36,38). The highest BCUT2D eigenvalue weighted by molar-refractivity contribution is 7.90. The second-order valence-electron chi connectivity index (χ2n) is 14.1. The van der Waals surface area contributed by atoms with Crippen LogP contribution in [-0.2, 0) is 10.0 Å². The van der Waals surface area contributed by atoms with Gasteiger partial charge in [-0.15, -0.1) is 0 Å². The van der Waals surface area contributed by atoms with Gasteiger partial charge in [-0.25, -0.2) is 13.1 Å². The normalized spacial score (nSPS) is 31.2. The first-order valence-electron chi connectivity index (χ1n) is 16.1. The summed E-state index contributed by atoms with van der Waals surface area (Å²) in [5, 5.41) is 15.3. The maximum atomic E-state index is 13.2. The minimum atomic E-state index is -4.32. The first kappa shape index (κ1) is 28.6. The number of hydrogen-bond donors (Lipinski definition) is 2. The molecule has 2 aromatic carbocycles. The van der Waals surface area contributed by atoms with Gasteiger partial charge in [0.1, 0.15) is 5.69 Å². The number of carbonyl (C=O) groups is 1. The summed E-state index contributed by atoms with van der Waals surface area (Å²) in [4.78, 5) is 24.1. The minimum Gasteiger partial charge on any atom is -0.379 e. The number of nitrogens with one attached hydrogen (secondary N) is 2. The largest absolute Gasteiger partial charge is 0.379 e. The maximum absolute atomic E-state index is 13.2. The Morgan fingerprint density at radius 2 is 1.60 bits per heavy atom. The number of benzene rings is 2. The van der Waals surface area contributed by atoms with Gasteiger partial charge in [0.2, 0.25) is 0 Å². The average Bonchev–Trinajstić information content (AvgIpc) is 2.99. The first-order chi connectivity index (χ1) is 20.7. The molecule has 2 atom stereocenters. The molecular weight excluding hydrogens is 562 g/mol. The molecule has 8 nitrogen and oxygen atoms in total. The fourth-order valence-corrected chi connectivity index (χ4v) is 10.7. The molecule has 2 aromatic rings. The van der Waals surface area contributed by atoms with Crippen LogP contribution in [0.4, 0.5) is 11.4 Å². The lowest BCUT2D eigenvalue weighted by atomic mass is 9.49. The topological polar surface area (TPSA) is 118 Å². The summed E-state index contributed by atoms with van der Waals surface area (Å²) in [6, 6.07) is 11.0. The third-order valence-electron chi connectivity index (χ3n) is 11.2. The Kier molecular flexibility index (Phi) is 7.35. The van der Waals surface area contributed by atoms with Gasteiger partial charge in [0, 0.05) is 18.2 Å². The predicted molar refractivity (Wildman–Crippen MR) is 166 cm³/mol. The Balaban J connectivity index is 1.04. The van der Waals surface area contributed by atoms with Crippen LogP contribution in [-0.4, -0.2) is 25.8 Å². The van der Waals surface area contributed by atoms with Crippen molar-refractivity contribution in [2.45, 2.75) is 81.9 Å². The molecule has 0 aromatic heterocycles. The van der Waals surface area contributed by atoms with E-state index in [-0.39, 0.29) is 21.6 Å². The van der Waals surface area contributed by atoms with E-state index in [1.54, 1.807) is 12.1 Å². The molecule has 228 valence electrons. The molecule has 2 N–H and O–H groups in total. The van der Waals surface area contributed by atoms with Crippen molar-refractivity contribution in [1.29, 1.82) is 0 Å². The monoisotopic (exact) mass is 603 g/mol. The lowest BCUT2D eigenvalue weighted by molar-refractivity contribution is -0.384. The Morgan fingerprint density at radius 3 is 2.28 bits per heavy atom. The number of hydrogen-bond acceptors (Lipinski definition) is 6. The van der Waals surface area contributed by atoms with Gasteiger partial charge in [-0.1, -0.05) is 31.1 Å². The quantitative estimate of drug-likeness (QED) is 0.241. The van der Waals surface area contributed by atoms with Crippen molar-refractivity contribution >= 4 is 32.9 Å². The number of fused-ring (bicyclic) bond motifs is 1. The SMILES string of the molecule is O=C(NS(=O)(=O)c1ccc(NCC23CC4CC(CC(C4)C2)C3)c([N+](=O)[O-])c1)c1ccc(C2=CCCC3CCCCC23)cc1. The first-order valence-corrected chi connectivity index (χ1v) is 17.6. The van der Waals surface area contributed by atoms with Crippen LogP contribution < -0.4 is 10.0 Å². The van der Waals surface area contributed by atoms with E-state index in [4.69, 9.17) is 0 Å². The van der Waals surface area contributed by atoms with Crippen LogP contribution >= 0.6 is 0 Å². The van der Waals surface area contributed by atoms with Gasteiger partial charge >= 0.3 is 0 Å². The van der Waals surface area contributed by atoms with Crippen molar-refractivity contribution < 1.29 is 18.1 Å². The molecule has 43 heavy (non-hydrogen) atoms.